The van der Waals surface area contributed by atoms with Crippen molar-refractivity contribution in [3.63, 3.8) is 0 Å². The first-order valence-electron chi connectivity index (χ1n) is 7.90. The average molecular weight is 406 g/mol. The van der Waals surface area contributed by atoms with Gasteiger partial charge in [0.1, 0.15) is 5.82 Å². The molecule has 1 amide bonds. The minimum Gasteiger partial charge on any atom is -0.465 e. The van der Waals surface area contributed by atoms with Crippen LogP contribution in [0, 0.1) is 5.82 Å². The lowest BCUT2D eigenvalue weighted by atomic mass is 10.0. The topological polar surface area (TPSA) is 46.6 Å². The zero-order valence-electron chi connectivity index (χ0n) is 14.4. The van der Waals surface area contributed by atoms with E-state index in [1.807, 2.05) is 0 Å². The number of carbonyl (C=O) groups excluding carboxylic acids is 2. The van der Waals surface area contributed by atoms with Crippen LogP contribution in [-0.2, 0) is 14.3 Å². The van der Waals surface area contributed by atoms with Gasteiger partial charge in [0, 0.05) is 5.70 Å². The summed E-state index contributed by atoms with van der Waals surface area (Å²) in [6.07, 6.45) is 1.52. The lowest BCUT2D eigenvalue weighted by Crippen LogP contribution is -2.24. The molecule has 0 aromatic heterocycles. The molecular weight excluding hydrogens is 392 g/mol. The van der Waals surface area contributed by atoms with E-state index in [0.717, 1.165) is 0 Å². The fourth-order valence-electron chi connectivity index (χ4n) is 2.84. The number of ether oxygens (including phenoxy) is 1. The Kier molecular flexibility index (Phi) is 5.35. The predicted octanol–water partition coefficient (Wildman–Crippen LogP) is 5.01. The third-order valence-corrected chi connectivity index (χ3v) is 4.87. The van der Waals surface area contributed by atoms with E-state index in [4.69, 9.17) is 27.9 Å². The monoisotopic (exact) mass is 405 g/mol. The van der Waals surface area contributed by atoms with Crippen LogP contribution in [0.4, 0.5) is 10.1 Å². The van der Waals surface area contributed by atoms with E-state index >= 15 is 0 Å². The van der Waals surface area contributed by atoms with Crippen LogP contribution in [0.3, 0.4) is 0 Å². The van der Waals surface area contributed by atoms with E-state index in [1.54, 1.807) is 25.1 Å². The third-order valence-electron chi connectivity index (χ3n) is 4.13. The van der Waals surface area contributed by atoms with Crippen LogP contribution in [0.1, 0.15) is 12.5 Å². The first kappa shape index (κ1) is 19.1. The van der Waals surface area contributed by atoms with Crippen molar-refractivity contribution in [3.05, 3.63) is 80.7 Å². The van der Waals surface area contributed by atoms with Crippen LogP contribution in [0.15, 0.2) is 59.3 Å². The first-order chi connectivity index (χ1) is 12.8. The Labute approximate surface area is 165 Å². The van der Waals surface area contributed by atoms with Gasteiger partial charge in [-0.1, -0.05) is 35.3 Å². The molecule has 0 fully saturated rings. The van der Waals surface area contributed by atoms with E-state index in [1.165, 1.54) is 42.4 Å². The van der Waals surface area contributed by atoms with Crippen LogP contribution < -0.4 is 4.90 Å². The van der Waals surface area contributed by atoms with Crippen molar-refractivity contribution in [2.45, 2.75) is 6.92 Å². The highest BCUT2D eigenvalue weighted by Gasteiger charge is 2.38. The fourth-order valence-corrected chi connectivity index (χ4v) is 3.13. The highest BCUT2D eigenvalue weighted by Crippen LogP contribution is 2.37. The van der Waals surface area contributed by atoms with Crippen molar-refractivity contribution in [1.82, 2.24) is 0 Å². The predicted molar refractivity (Wildman–Crippen MR) is 103 cm³/mol. The van der Waals surface area contributed by atoms with Gasteiger partial charge >= 0.3 is 5.97 Å². The quantitative estimate of drug-likeness (QED) is 0.532. The lowest BCUT2D eigenvalue weighted by Gasteiger charge is -2.18. The molecule has 1 aliphatic heterocycles. The van der Waals surface area contributed by atoms with E-state index in [0.29, 0.717) is 22.0 Å². The summed E-state index contributed by atoms with van der Waals surface area (Å²) in [4.78, 5) is 26.8. The van der Waals surface area contributed by atoms with Crippen molar-refractivity contribution in [3.8, 4) is 0 Å². The molecule has 3 rings (SSSR count). The van der Waals surface area contributed by atoms with E-state index in [9.17, 15) is 14.0 Å². The van der Waals surface area contributed by atoms with Crippen LogP contribution in [-0.4, -0.2) is 19.0 Å². The van der Waals surface area contributed by atoms with Gasteiger partial charge in [-0.25, -0.2) is 9.18 Å². The highest BCUT2D eigenvalue weighted by molar-refractivity contribution is 6.42. The number of nitrogens with zero attached hydrogens (tertiary/aromatic N) is 1. The Morgan fingerprint density at radius 1 is 1.11 bits per heavy atom. The molecule has 2 aromatic carbocycles. The molecule has 0 radical (unpaired) electrons. The van der Waals surface area contributed by atoms with Gasteiger partial charge in [0.05, 0.1) is 34.0 Å². The molecule has 1 heterocycles. The first-order valence-corrected chi connectivity index (χ1v) is 8.65. The molecule has 4 nitrogen and oxygen atoms in total. The largest absolute Gasteiger partial charge is 0.465 e. The Morgan fingerprint density at radius 3 is 2.37 bits per heavy atom. The van der Waals surface area contributed by atoms with Gasteiger partial charge < -0.3 is 4.74 Å². The number of anilines is 1. The van der Waals surface area contributed by atoms with Gasteiger partial charge in [-0.3, -0.25) is 9.69 Å². The summed E-state index contributed by atoms with van der Waals surface area (Å²) in [5, 5.41) is 0.634. The van der Waals surface area contributed by atoms with Crippen molar-refractivity contribution in [2.24, 2.45) is 0 Å². The number of methoxy groups -OCH3 is 1. The summed E-state index contributed by atoms with van der Waals surface area (Å²) in [6, 6.07) is 10.3. The Balaban J connectivity index is 2.14. The summed E-state index contributed by atoms with van der Waals surface area (Å²) in [7, 11) is 1.24. The molecule has 0 N–H and O–H groups in total. The third kappa shape index (κ3) is 3.61. The van der Waals surface area contributed by atoms with Gasteiger partial charge in [0.25, 0.3) is 5.91 Å². The minimum atomic E-state index is -0.642. The second-order valence-corrected chi connectivity index (χ2v) is 6.61. The van der Waals surface area contributed by atoms with Gasteiger partial charge in [-0.15, -0.1) is 0 Å². The maximum atomic E-state index is 13.1. The summed E-state index contributed by atoms with van der Waals surface area (Å²) in [5.41, 5.74) is 1.73. The van der Waals surface area contributed by atoms with Gasteiger partial charge in [-0.2, -0.15) is 0 Å². The molecule has 138 valence electrons. The number of benzene rings is 2. The number of allylic oxidation sites excluding steroid dienone is 1. The number of amides is 1. The summed E-state index contributed by atoms with van der Waals surface area (Å²) in [6.45, 7) is 1.64. The second kappa shape index (κ2) is 7.55. The maximum absolute atomic E-state index is 13.1. The molecule has 0 spiro atoms. The molecule has 1 aliphatic rings. The van der Waals surface area contributed by atoms with Crippen molar-refractivity contribution < 1.29 is 18.7 Å². The number of esters is 1. The lowest BCUT2D eigenvalue weighted by molar-refractivity contribution is -0.136. The maximum Gasteiger partial charge on any atom is 0.340 e. The summed E-state index contributed by atoms with van der Waals surface area (Å²) >= 11 is 12.0. The smallest absolute Gasteiger partial charge is 0.340 e. The molecule has 7 heteroatoms. The standard InChI is InChI=1S/C20H14Cl2FNO3/c1-11-18(20(26)27-2)15(9-12-3-5-13(23)6-4-12)19(25)24(11)14-7-8-16(21)17(22)10-14/h3-10H,1-2H3/b15-9-. The minimum absolute atomic E-state index is 0.137. The molecule has 0 saturated carbocycles. The molecule has 0 unspecified atom stereocenters. The van der Waals surface area contributed by atoms with Gasteiger partial charge in [0.15, 0.2) is 0 Å². The van der Waals surface area contributed by atoms with Crippen LogP contribution in [0.2, 0.25) is 10.0 Å². The average Bonchev–Trinajstić information content (AvgIpc) is 2.89. The number of carbonyl (C=O) groups is 2. The highest BCUT2D eigenvalue weighted by atomic mass is 35.5. The summed E-state index contributed by atoms with van der Waals surface area (Å²) in [5.74, 6) is -1.46. The molecule has 0 saturated heterocycles. The number of rotatable bonds is 3. The molecule has 27 heavy (non-hydrogen) atoms. The second-order valence-electron chi connectivity index (χ2n) is 5.80. The Bertz CT molecular complexity index is 997. The Hall–Kier alpha value is -2.63. The van der Waals surface area contributed by atoms with Crippen molar-refractivity contribution in [2.75, 3.05) is 12.0 Å². The van der Waals surface area contributed by atoms with Crippen LogP contribution in [0.5, 0.6) is 0 Å². The normalized spacial score (nSPS) is 15.7. The fraction of sp³-hybridized carbons (Fsp3) is 0.100. The molecule has 2 aromatic rings. The summed E-state index contributed by atoms with van der Waals surface area (Å²) < 4.78 is 18.0. The Morgan fingerprint density at radius 2 is 1.78 bits per heavy atom. The number of halogens is 3. The van der Waals surface area contributed by atoms with Crippen LogP contribution in [0.25, 0.3) is 6.08 Å². The van der Waals surface area contributed by atoms with Crippen LogP contribution >= 0.6 is 23.2 Å². The SMILES string of the molecule is COC(=O)C1=C(C)N(c2ccc(Cl)c(Cl)c2)C(=O)/C1=C\c1ccc(F)cc1. The van der Waals surface area contributed by atoms with E-state index in [2.05, 4.69) is 0 Å². The molecule has 0 bridgehead atoms. The molecule has 0 aliphatic carbocycles. The number of hydrogen-bond acceptors (Lipinski definition) is 3. The van der Waals surface area contributed by atoms with E-state index in [-0.39, 0.29) is 16.2 Å². The molecule has 0 atom stereocenters. The van der Waals surface area contributed by atoms with E-state index < -0.39 is 17.7 Å². The zero-order valence-corrected chi connectivity index (χ0v) is 15.9. The van der Waals surface area contributed by atoms with Crippen molar-refractivity contribution >= 4 is 46.8 Å². The van der Waals surface area contributed by atoms with Crippen molar-refractivity contribution in [1.29, 1.82) is 0 Å². The molecular formula is C20H14Cl2FNO3. The van der Waals surface area contributed by atoms with Gasteiger partial charge in [-0.05, 0) is 48.9 Å². The van der Waals surface area contributed by atoms with Gasteiger partial charge in [0.2, 0.25) is 0 Å². The zero-order chi connectivity index (χ0) is 19.7. The number of hydrogen-bond donors (Lipinski definition) is 0.